The zero-order valence-corrected chi connectivity index (χ0v) is 15.9. The van der Waals surface area contributed by atoms with Gasteiger partial charge in [0.25, 0.3) is 5.69 Å². The number of nitrogens with one attached hydrogen (secondary N) is 1. The number of ether oxygens (including phenoxy) is 1. The topological polar surface area (TPSA) is 67.6 Å². The highest BCUT2D eigenvalue weighted by Gasteiger charge is 2.28. The number of piperazine rings is 1. The van der Waals surface area contributed by atoms with Crippen LogP contribution in [0.2, 0.25) is 5.02 Å². The van der Waals surface area contributed by atoms with E-state index >= 15 is 0 Å². The second kappa shape index (κ2) is 9.19. The Kier molecular flexibility index (Phi) is 7.23. The van der Waals surface area contributed by atoms with Gasteiger partial charge in [0.15, 0.2) is 0 Å². The maximum atomic E-state index is 11.4. The molecule has 1 saturated heterocycles. The predicted molar refractivity (Wildman–Crippen MR) is 104 cm³/mol. The molecule has 8 heteroatoms. The molecular weight excluding hydrogens is 377 g/mol. The summed E-state index contributed by atoms with van der Waals surface area (Å²) in [5.74, 6) is 0.826. The first kappa shape index (κ1) is 20.5. The van der Waals surface area contributed by atoms with Gasteiger partial charge >= 0.3 is 0 Å². The summed E-state index contributed by atoms with van der Waals surface area (Å²) in [5, 5.41) is 15.1. The largest absolute Gasteiger partial charge is 0.496 e. The molecule has 0 aromatic heterocycles. The van der Waals surface area contributed by atoms with Crippen LogP contribution in [0.3, 0.4) is 0 Å². The molecule has 26 heavy (non-hydrogen) atoms. The standard InChI is InChI=1S/C18H20ClN3O3.ClH/c1-25-18-5-3-2-4-15(18)17-11-20-8-9-21(17)12-13-6-7-14(19)10-16(13)22(23)24;/h2-7,10,17,20H,8-9,11-12H2,1H3;1H. The molecule has 1 aliphatic rings. The number of methoxy groups -OCH3 is 1. The molecule has 1 N–H and O–H groups in total. The van der Waals surface area contributed by atoms with Crippen molar-refractivity contribution in [2.45, 2.75) is 12.6 Å². The van der Waals surface area contributed by atoms with Crippen LogP contribution in [0.1, 0.15) is 17.2 Å². The normalized spacial score (nSPS) is 17.4. The number of hydrogen-bond donors (Lipinski definition) is 1. The second-order valence-electron chi connectivity index (χ2n) is 5.96. The average Bonchev–Trinajstić information content (AvgIpc) is 2.63. The number of nitro groups is 1. The van der Waals surface area contributed by atoms with Gasteiger partial charge in [-0.2, -0.15) is 0 Å². The number of nitrogens with zero attached hydrogens (tertiary/aromatic N) is 2. The minimum absolute atomic E-state index is 0. The number of nitro benzene ring substituents is 1. The van der Waals surface area contributed by atoms with Gasteiger partial charge in [-0.3, -0.25) is 15.0 Å². The molecule has 0 spiro atoms. The summed E-state index contributed by atoms with van der Waals surface area (Å²) in [6.45, 7) is 2.88. The van der Waals surface area contributed by atoms with Crippen molar-refractivity contribution in [1.29, 1.82) is 0 Å². The van der Waals surface area contributed by atoms with Gasteiger partial charge in [0.2, 0.25) is 0 Å². The maximum absolute atomic E-state index is 11.4. The third-order valence-corrected chi connectivity index (χ3v) is 4.70. The summed E-state index contributed by atoms with van der Waals surface area (Å²) in [7, 11) is 1.66. The molecule has 2 aromatic carbocycles. The summed E-state index contributed by atoms with van der Waals surface area (Å²) in [6.07, 6.45) is 0. The molecule has 2 aromatic rings. The first-order chi connectivity index (χ1) is 12.1. The van der Waals surface area contributed by atoms with E-state index in [1.54, 1.807) is 19.2 Å². The van der Waals surface area contributed by atoms with Crippen LogP contribution in [0, 0.1) is 10.1 Å². The van der Waals surface area contributed by atoms with Crippen molar-refractivity contribution in [1.82, 2.24) is 10.2 Å². The van der Waals surface area contributed by atoms with Gasteiger partial charge in [0.05, 0.1) is 18.1 Å². The number of benzene rings is 2. The highest BCUT2D eigenvalue weighted by Crippen LogP contribution is 2.33. The van der Waals surface area contributed by atoms with E-state index in [0.717, 1.165) is 30.9 Å². The van der Waals surface area contributed by atoms with Crippen LogP contribution >= 0.6 is 24.0 Å². The van der Waals surface area contributed by atoms with Crippen molar-refractivity contribution < 1.29 is 9.66 Å². The average molecular weight is 398 g/mol. The molecule has 140 valence electrons. The van der Waals surface area contributed by atoms with E-state index in [9.17, 15) is 10.1 Å². The molecule has 0 aliphatic carbocycles. The van der Waals surface area contributed by atoms with Crippen molar-refractivity contribution in [2.75, 3.05) is 26.7 Å². The zero-order chi connectivity index (χ0) is 17.8. The molecule has 6 nitrogen and oxygen atoms in total. The molecule has 1 unspecified atom stereocenters. The Balaban J connectivity index is 0.00000243. The molecule has 0 radical (unpaired) electrons. The van der Waals surface area contributed by atoms with E-state index in [1.165, 1.54) is 6.07 Å². The highest BCUT2D eigenvalue weighted by molar-refractivity contribution is 6.30. The first-order valence-corrected chi connectivity index (χ1v) is 8.48. The number of hydrogen-bond acceptors (Lipinski definition) is 5. The van der Waals surface area contributed by atoms with Gasteiger partial charge in [-0.05, 0) is 18.2 Å². The lowest BCUT2D eigenvalue weighted by molar-refractivity contribution is -0.385. The highest BCUT2D eigenvalue weighted by atomic mass is 35.5. The van der Waals surface area contributed by atoms with Crippen LogP contribution in [-0.4, -0.2) is 36.6 Å². The minimum Gasteiger partial charge on any atom is -0.496 e. The van der Waals surface area contributed by atoms with Crippen molar-refractivity contribution in [3.63, 3.8) is 0 Å². The van der Waals surface area contributed by atoms with Crippen LogP contribution in [0.25, 0.3) is 0 Å². The minimum atomic E-state index is -0.373. The van der Waals surface area contributed by atoms with Crippen molar-refractivity contribution >= 4 is 29.7 Å². The monoisotopic (exact) mass is 397 g/mol. The van der Waals surface area contributed by atoms with Crippen LogP contribution < -0.4 is 10.1 Å². The van der Waals surface area contributed by atoms with Gasteiger partial charge in [-0.25, -0.2) is 0 Å². The Bertz CT molecular complexity index is 773. The van der Waals surface area contributed by atoms with E-state index in [0.29, 0.717) is 17.1 Å². The summed E-state index contributed by atoms with van der Waals surface area (Å²) in [5.41, 5.74) is 1.80. The van der Waals surface area contributed by atoms with Crippen LogP contribution in [0.4, 0.5) is 5.69 Å². The molecule has 1 heterocycles. The fraction of sp³-hybridized carbons (Fsp3) is 0.333. The molecule has 1 aliphatic heterocycles. The summed E-state index contributed by atoms with van der Waals surface area (Å²) >= 11 is 5.92. The van der Waals surface area contributed by atoms with Crippen LogP contribution in [0.15, 0.2) is 42.5 Å². The quantitative estimate of drug-likeness (QED) is 0.613. The van der Waals surface area contributed by atoms with E-state index in [2.05, 4.69) is 10.2 Å². The van der Waals surface area contributed by atoms with Gasteiger partial charge < -0.3 is 10.1 Å². The summed E-state index contributed by atoms with van der Waals surface area (Å²) in [6, 6.07) is 12.8. The lowest BCUT2D eigenvalue weighted by Crippen LogP contribution is -2.45. The molecule has 0 bridgehead atoms. The molecule has 1 fully saturated rings. The van der Waals surface area contributed by atoms with Gasteiger partial charge in [-0.1, -0.05) is 29.8 Å². The number of para-hydroxylation sites is 1. The van der Waals surface area contributed by atoms with Crippen molar-refractivity contribution in [2.24, 2.45) is 0 Å². The zero-order valence-electron chi connectivity index (χ0n) is 14.4. The van der Waals surface area contributed by atoms with E-state index in [-0.39, 0.29) is 29.1 Å². The fourth-order valence-electron chi connectivity index (χ4n) is 3.24. The summed E-state index contributed by atoms with van der Waals surface area (Å²) < 4.78 is 5.49. The van der Waals surface area contributed by atoms with Gasteiger partial charge in [-0.15, -0.1) is 12.4 Å². The third-order valence-electron chi connectivity index (χ3n) is 4.47. The third kappa shape index (κ3) is 4.45. The summed E-state index contributed by atoms with van der Waals surface area (Å²) in [4.78, 5) is 13.2. The fourth-order valence-corrected chi connectivity index (χ4v) is 3.41. The SMILES string of the molecule is COc1ccccc1C1CNCCN1Cc1ccc(Cl)cc1[N+](=O)[O-].Cl. The molecule has 0 saturated carbocycles. The molecule has 3 rings (SSSR count). The van der Waals surface area contributed by atoms with E-state index < -0.39 is 0 Å². The predicted octanol–water partition coefficient (Wildman–Crippen LogP) is 3.83. The lowest BCUT2D eigenvalue weighted by atomic mass is 10.0. The Hall–Kier alpha value is -1.86. The van der Waals surface area contributed by atoms with Gasteiger partial charge in [0.1, 0.15) is 5.75 Å². The van der Waals surface area contributed by atoms with E-state index in [4.69, 9.17) is 16.3 Å². The first-order valence-electron chi connectivity index (χ1n) is 8.10. The van der Waals surface area contributed by atoms with E-state index in [1.807, 2.05) is 24.3 Å². The van der Waals surface area contributed by atoms with Gasteiger partial charge in [0, 0.05) is 48.4 Å². The van der Waals surface area contributed by atoms with Crippen LogP contribution in [0.5, 0.6) is 5.75 Å². The number of rotatable bonds is 5. The molecular formula is C18H21Cl2N3O3. The Morgan fingerprint density at radius 3 is 2.85 bits per heavy atom. The maximum Gasteiger partial charge on any atom is 0.275 e. The Labute approximate surface area is 163 Å². The second-order valence-corrected chi connectivity index (χ2v) is 6.40. The van der Waals surface area contributed by atoms with Crippen molar-refractivity contribution in [3.8, 4) is 5.75 Å². The van der Waals surface area contributed by atoms with Crippen LogP contribution in [-0.2, 0) is 6.54 Å². The molecule has 1 atom stereocenters. The smallest absolute Gasteiger partial charge is 0.275 e. The lowest BCUT2D eigenvalue weighted by Gasteiger charge is -2.37. The Morgan fingerprint density at radius 2 is 2.12 bits per heavy atom. The Morgan fingerprint density at radius 1 is 1.35 bits per heavy atom. The molecule has 0 amide bonds. The van der Waals surface area contributed by atoms with Crippen molar-refractivity contribution in [3.05, 3.63) is 68.7 Å². The number of halogens is 2.